The first-order valence-corrected chi connectivity index (χ1v) is 8.24. The molecule has 0 bridgehead atoms. The van der Waals surface area contributed by atoms with E-state index in [1.165, 1.54) is 11.8 Å². The van der Waals surface area contributed by atoms with Crippen molar-refractivity contribution in [1.82, 2.24) is 4.90 Å². The van der Waals surface area contributed by atoms with Crippen LogP contribution in [0.4, 0.5) is 0 Å². The number of benzene rings is 1. The summed E-state index contributed by atoms with van der Waals surface area (Å²) in [5.41, 5.74) is 0.916. The van der Waals surface area contributed by atoms with Crippen LogP contribution in [-0.4, -0.2) is 23.6 Å². The minimum atomic E-state index is 0.0580. The van der Waals surface area contributed by atoms with E-state index in [9.17, 15) is 4.79 Å². The number of carbonyl (C=O) groups is 1. The Bertz CT molecular complexity index is 581. The second-order valence-corrected chi connectivity index (χ2v) is 6.46. The maximum atomic E-state index is 12.1. The molecule has 0 unspecified atom stereocenters. The fraction of sp³-hybridized carbons (Fsp3) is 0.267. The van der Waals surface area contributed by atoms with Gasteiger partial charge in [0.05, 0.1) is 17.8 Å². The maximum Gasteiger partial charge on any atom is 0.232 e. The van der Waals surface area contributed by atoms with E-state index in [1.807, 2.05) is 24.3 Å². The van der Waals surface area contributed by atoms with Crippen LogP contribution in [-0.2, 0) is 17.1 Å². The van der Waals surface area contributed by atoms with Gasteiger partial charge in [-0.2, -0.15) is 0 Å². The van der Waals surface area contributed by atoms with Crippen molar-refractivity contribution in [2.75, 3.05) is 12.8 Å². The van der Waals surface area contributed by atoms with Crippen molar-refractivity contribution in [2.24, 2.45) is 0 Å². The van der Waals surface area contributed by atoms with E-state index in [0.29, 0.717) is 28.1 Å². The summed E-state index contributed by atoms with van der Waals surface area (Å²) in [6.45, 7) is 0.487. The summed E-state index contributed by atoms with van der Waals surface area (Å²) in [7, 11) is 1.77. The molecule has 1 amide bonds. The van der Waals surface area contributed by atoms with Crippen LogP contribution < -0.4 is 0 Å². The molecule has 1 heterocycles. The average molecular weight is 344 g/mol. The van der Waals surface area contributed by atoms with Crippen molar-refractivity contribution in [3.05, 3.63) is 58.0 Å². The minimum Gasteiger partial charge on any atom is -0.468 e. The van der Waals surface area contributed by atoms with Gasteiger partial charge in [0.25, 0.3) is 0 Å². The number of rotatable bonds is 6. The van der Waals surface area contributed by atoms with Gasteiger partial charge in [-0.15, -0.1) is 11.8 Å². The lowest BCUT2D eigenvalue weighted by Gasteiger charge is -2.17. The smallest absolute Gasteiger partial charge is 0.232 e. The summed E-state index contributed by atoms with van der Waals surface area (Å²) in [5, 5.41) is 1.15. The quantitative estimate of drug-likeness (QED) is 0.775. The Morgan fingerprint density at radius 2 is 2.00 bits per heavy atom. The number of nitrogens with zero attached hydrogens (tertiary/aromatic N) is 1. The molecule has 0 aliphatic carbocycles. The Morgan fingerprint density at radius 1 is 1.29 bits per heavy atom. The van der Waals surface area contributed by atoms with Crippen LogP contribution in [0.3, 0.4) is 0 Å². The first kappa shape index (κ1) is 16.3. The van der Waals surface area contributed by atoms with Crippen molar-refractivity contribution in [2.45, 2.75) is 12.3 Å². The predicted octanol–water partition coefficient (Wildman–Crippen LogP) is 4.48. The highest BCUT2D eigenvalue weighted by atomic mass is 35.5. The molecule has 0 aliphatic heterocycles. The zero-order valence-corrected chi connectivity index (χ0v) is 13.8. The zero-order valence-electron chi connectivity index (χ0n) is 11.5. The normalized spacial score (nSPS) is 10.6. The van der Waals surface area contributed by atoms with Crippen LogP contribution in [0.2, 0.25) is 10.0 Å². The van der Waals surface area contributed by atoms with Gasteiger partial charge >= 0.3 is 0 Å². The first-order chi connectivity index (χ1) is 10.0. The molecular formula is C15H15Cl2NO2S. The molecule has 0 aliphatic rings. The van der Waals surface area contributed by atoms with Gasteiger partial charge in [0.2, 0.25) is 5.91 Å². The molecule has 0 saturated carbocycles. The van der Waals surface area contributed by atoms with Crippen LogP contribution in [0.5, 0.6) is 0 Å². The Balaban J connectivity index is 1.81. The van der Waals surface area contributed by atoms with Crippen LogP contribution in [0.15, 0.2) is 41.0 Å². The molecule has 0 spiro atoms. The van der Waals surface area contributed by atoms with Crippen LogP contribution in [0.25, 0.3) is 0 Å². The Labute approximate surface area is 138 Å². The SMILES string of the molecule is CN(Cc1cc(Cl)cc(Cl)c1)C(=O)CSCc1ccco1. The third kappa shape index (κ3) is 5.30. The molecule has 2 rings (SSSR count). The summed E-state index contributed by atoms with van der Waals surface area (Å²) < 4.78 is 5.22. The van der Waals surface area contributed by atoms with E-state index < -0.39 is 0 Å². The number of thioether (sulfide) groups is 1. The highest BCUT2D eigenvalue weighted by molar-refractivity contribution is 7.99. The topological polar surface area (TPSA) is 33.5 Å². The number of hydrogen-bond donors (Lipinski definition) is 0. The van der Waals surface area contributed by atoms with Gasteiger partial charge in [0.1, 0.15) is 5.76 Å². The third-order valence-electron chi connectivity index (χ3n) is 2.82. The predicted molar refractivity (Wildman–Crippen MR) is 87.8 cm³/mol. The van der Waals surface area contributed by atoms with Crippen molar-refractivity contribution < 1.29 is 9.21 Å². The second-order valence-electron chi connectivity index (χ2n) is 4.60. The molecule has 21 heavy (non-hydrogen) atoms. The lowest BCUT2D eigenvalue weighted by molar-refractivity contribution is -0.127. The summed E-state index contributed by atoms with van der Waals surface area (Å²) in [6.07, 6.45) is 1.63. The number of furan rings is 1. The Morgan fingerprint density at radius 3 is 2.62 bits per heavy atom. The summed E-state index contributed by atoms with van der Waals surface area (Å²) in [4.78, 5) is 13.7. The van der Waals surface area contributed by atoms with E-state index in [2.05, 4.69) is 0 Å². The lowest BCUT2D eigenvalue weighted by atomic mass is 10.2. The average Bonchev–Trinajstić information content (AvgIpc) is 2.90. The van der Waals surface area contributed by atoms with Gasteiger partial charge in [-0.1, -0.05) is 23.2 Å². The van der Waals surface area contributed by atoms with Crippen molar-refractivity contribution in [3.63, 3.8) is 0 Å². The standard InChI is InChI=1S/C15H15Cl2NO2S/c1-18(8-11-5-12(16)7-13(17)6-11)15(19)10-21-9-14-3-2-4-20-14/h2-7H,8-10H2,1H3. The fourth-order valence-electron chi connectivity index (χ4n) is 1.81. The number of hydrogen-bond acceptors (Lipinski definition) is 3. The number of carbonyl (C=O) groups excluding carboxylic acids is 1. The van der Waals surface area contributed by atoms with Crippen LogP contribution >= 0.6 is 35.0 Å². The molecule has 0 atom stereocenters. The molecule has 0 fully saturated rings. The second kappa shape index (κ2) is 7.78. The highest BCUT2D eigenvalue weighted by Crippen LogP contribution is 2.20. The number of amides is 1. The van der Waals surface area contributed by atoms with Crippen molar-refractivity contribution in [1.29, 1.82) is 0 Å². The molecule has 1 aromatic heterocycles. The van der Waals surface area contributed by atoms with Crippen molar-refractivity contribution in [3.8, 4) is 0 Å². The molecule has 1 aromatic carbocycles. The lowest BCUT2D eigenvalue weighted by Crippen LogP contribution is -2.27. The van der Waals surface area contributed by atoms with E-state index in [-0.39, 0.29) is 5.91 Å². The van der Waals surface area contributed by atoms with E-state index in [4.69, 9.17) is 27.6 Å². The molecule has 6 heteroatoms. The molecule has 3 nitrogen and oxygen atoms in total. The molecule has 2 aromatic rings. The van der Waals surface area contributed by atoms with E-state index in [1.54, 1.807) is 24.3 Å². The molecule has 0 saturated heterocycles. The molecule has 0 radical (unpaired) electrons. The van der Waals surface area contributed by atoms with Crippen molar-refractivity contribution >= 4 is 40.9 Å². The zero-order chi connectivity index (χ0) is 15.2. The Hall–Kier alpha value is -1.10. The van der Waals surface area contributed by atoms with Gasteiger partial charge in [-0.3, -0.25) is 4.79 Å². The van der Waals surface area contributed by atoms with E-state index in [0.717, 1.165) is 11.3 Å². The van der Waals surface area contributed by atoms with Gasteiger partial charge in [0, 0.05) is 23.6 Å². The third-order valence-corrected chi connectivity index (χ3v) is 4.19. The monoisotopic (exact) mass is 343 g/mol. The van der Waals surface area contributed by atoms with E-state index >= 15 is 0 Å². The molecule has 112 valence electrons. The first-order valence-electron chi connectivity index (χ1n) is 6.33. The fourth-order valence-corrected chi connectivity index (χ4v) is 3.24. The minimum absolute atomic E-state index is 0.0580. The van der Waals surface area contributed by atoms with Gasteiger partial charge in [0.15, 0.2) is 0 Å². The van der Waals surface area contributed by atoms with Crippen LogP contribution in [0, 0.1) is 0 Å². The summed E-state index contributed by atoms with van der Waals surface area (Å²) >= 11 is 13.4. The maximum absolute atomic E-state index is 12.1. The summed E-state index contributed by atoms with van der Waals surface area (Å²) in [6, 6.07) is 9.04. The highest BCUT2D eigenvalue weighted by Gasteiger charge is 2.10. The Kier molecular flexibility index (Phi) is 6.03. The molecule has 0 N–H and O–H groups in total. The van der Waals surface area contributed by atoms with Crippen LogP contribution in [0.1, 0.15) is 11.3 Å². The number of halogens is 2. The van der Waals surface area contributed by atoms with Gasteiger partial charge in [-0.05, 0) is 35.9 Å². The molecular weight excluding hydrogens is 329 g/mol. The van der Waals surface area contributed by atoms with Gasteiger partial charge < -0.3 is 9.32 Å². The van der Waals surface area contributed by atoms with Gasteiger partial charge in [-0.25, -0.2) is 0 Å². The summed E-state index contributed by atoms with van der Waals surface area (Å²) in [5.74, 6) is 2.03. The largest absolute Gasteiger partial charge is 0.468 e.